The predicted molar refractivity (Wildman–Crippen MR) is 137 cm³/mol. The molecule has 2 aliphatic rings. The maximum Gasteiger partial charge on any atom is 0.490 e. The van der Waals surface area contributed by atoms with Crippen LogP contribution in [0.25, 0.3) is 11.1 Å². The van der Waals surface area contributed by atoms with Crippen molar-refractivity contribution in [1.29, 1.82) is 0 Å². The summed E-state index contributed by atoms with van der Waals surface area (Å²) in [6, 6.07) is 18.1. The summed E-state index contributed by atoms with van der Waals surface area (Å²) in [7, 11) is -3.27. The highest BCUT2D eigenvalue weighted by Crippen LogP contribution is 2.46. The van der Waals surface area contributed by atoms with Crippen molar-refractivity contribution in [3.8, 4) is 11.1 Å². The fourth-order valence-corrected chi connectivity index (χ4v) is 6.83. The van der Waals surface area contributed by atoms with Crippen LogP contribution in [0.5, 0.6) is 0 Å². The number of pyridine rings is 1. The molecule has 226 valence electrons. The lowest BCUT2D eigenvalue weighted by Gasteiger charge is -2.18. The van der Waals surface area contributed by atoms with Crippen molar-refractivity contribution >= 4 is 21.8 Å². The molecule has 2 N–H and O–H groups in total. The third-order valence-corrected chi connectivity index (χ3v) is 8.68. The zero-order chi connectivity index (χ0) is 31.5. The molecule has 3 heterocycles. The van der Waals surface area contributed by atoms with Gasteiger partial charge < -0.3 is 10.2 Å². The predicted octanol–water partition coefficient (Wildman–Crippen LogP) is 5.08. The van der Waals surface area contributed by atoms with Gasteiger partial charge in [-0.25, -0.2) is 18.0 Å². The number of carboxylic acid groups (broad SMARTS) is 2. The maximum atomic E-state index is 13.1. The first-order valence-electron chi connectivity index (χ1n) is 12.1. The van der Waals surface area contributed by atoms with Gasteiger partial charge in [0.1, 0.15) is 0 Å². The summed E-state index contributed by atoms with van der Waals surface area (Å²) in [4.78, 5) is 24.8. The number of alkyl halides is 6. The number of likely N-dealkylation sites (tertiary alicyclic amines) is 1. The van der Waals surface area contributed by atoms with Gasteiger partial charge in [-0.3, -0.25) is 9.88 Å². The van der Waals surface area contributed by atoms with E-state index < -0.39 is 34.1 Å². The molecular formula is C27H24F6N2O6S. The molecule has 42 heavy (non-hydrogen) atoms. The first-order chi connectivity index (χ1) is 19.4. The van der Waals surface area contributed by atoms with Gasteiger partial charge in [-0.15, -0.1) is 0 Å². The average molecular weight is 619 g/mol. The summed E-state index contributed by atoms with van der Waals surface area (Å²) in [6.07, 6.45) is -6.60. The summed E-state index contributed by atoms with van der Waals surface area (Å²) in [5.41, 5.74) is 5.48. The number of halogens is 6. The molecule has 3 aromatic rings. The number of benzene rings is 2. The Morgan fingerprint density at radius 1 is 0.905 bits per heavy atom. The van der Waals surface area contributed by atoms with Gasteiger partial charge in [0.2, 0.25) is 0 Å². The van der Waals surface area contributed by atoms with Crippen LogP contribution in [0.1, 0.15) is 22.6 Å². The summed E-state index contributed by atoms with van der Waals surface area (Å²) in [5.74, 6) is -5.47. The van der Waals surface area contributed by atoms with Crippen LogP contribution in [-0.4, -0.2) is 71.1 Å². The second-order valence-corrected chi connectivity index (χ2v) is 11.6. The van der Waals surface area contributed by atoms with Gasteiger partial charge in [-0.2, -0.15) is 26.3 Å². The number of carbonyl (C=O) groups is 2. The number of fused-ring (bicyclic) bond motifs is 3. The molecule has 1 saturated heterocycles. The van der Waals surface area contributed by atoms with Crippen LogP contribution in [-0.2, 0) is 26.0 Å². The van der Waals surface area contributed by atoms with Crippen LogP contribution < -0.4 is 0 Å². The smallest absolute Gasteiger partial charge is 0.475 e. The Hall–Kier alpha value is -3.98. The van der Waals surface area contributed by atoms with E-state index in [1.165, 1.54) is 11.1 Å². The molecule has 1 fully saturated rings. The number of nitrogens with zero attached hydrogens (tertiary/aromatic N) is 2. The molecule has 0 radical (unpaired) electrons. The van der Waals surface area contributed by atoms with E-state index in [1.54, 1.807) is 12.3 Å². The Labute approximate surface area is 236 Å². The number of aromatic nitrogens is 1. The summed E-state index contributed by atoms with van der Waals surface area (Å²) >= 11 is 0. The Kier molecular flexibility index (Phi) is 9.67. The minimum absolute atomic E-state index is 0.0430. The SMILES string of the molecule is Cc1cccc(CN2CC3c4cc(-c5cccnc5)ccc4S(=O)(=O)C3C2)c1.O=C(O)C(F)(F)F.O=C(O)C(F)(F)F. The summed E-state index contributed by atoms with van der Waals surface area (Å²) in [5, 5.41) is 13.9. The van der Waals surface area contributed by atoms with Gasteiger partial charge in [-0.05, 0) is 47.4 Å². The van der Waals surface area contributed by atoms with Crippen LogP contribution in [0, 0.1) is 6.92 Å². The van der Waals surface area contributed by atoms with E-state index in [1.807, 2.05) is 24.4 Å². The van der Waals surface area contributed by atoms with Crippen LogP contribution in [0.2, 0.25) is 0 Å². The lowest BCUT2D eigenvalue weighted by Crippen LogP contribution is -2.25. The summed E-state index contributed by atoms with van der Waals surface area (Å²) in [6.45, 7) is 4.25. The number of aliphatic carboxylic acids is 2. The Balaban J connectivity index is 0.000000289. The highest BCUT2D eigenvalue weighted by Gasteiger charge is 2.50. The van der Waals surface area contributed by atoms with Gasteiger partial charge in [0, 0.05) is 37.9 Å². The number of rotatable bonds is 3. The largest absolute Gasteiger partial charge is 0.490 e. The Morgan fingerprint density at radius 2 is 1.52 bits per heavy atom. The number of sulfone groups is 1. The first-order valence-corrected chi connectivity index (χ1v) is 13.6. The highest BCUT2D eigenvalue weighted by atomic mass is 32.2. The minimum Gasteiger partial charge on any atom is -0.475 e. The topological polar surface area (TPSA) is 125 Å². The van der Waals surface area contributed by atoms with Crippen molar-refractivity contribution in [2.75, 3.05) is 13.1 Å². The first kappa shape index (κ1) is 32.5. The molecule has 0 aliphatic carbocycles. The summed E-state index contributed by atoms with van der Waals surface area (Å²) < 4.78 is 89.7. The molecule has 0 bridgehead atoms. The number of aryl methyl sites for hydroxylation is 1. The van der Waals surface area contributed by atoms with E-state index in [-0.39, 0.29) is 11.2 Å². The van der Waals surface area contributed by atoms with E-state index >= 15 is 0 Å². The van der Waals surface area contributed by atoms with E-state index in [4.69, 9.17) is 19.8 Å². The lowest BCUT2D eigenvalue weighted by atomic mass is 9.95. The monoisotopic (exact) mass is 618 g/mol. The quantitative estimate of drug-likeness (QED) is 0.390. The van der Waals surface area contributed by atoms with Crippen molar-refractivity contribution in [2.45, 2.75) is 41.9 Å². The third-order valence-electron chi connectivity index (χ3n) is 6.42. The van der Waals surface area contributed by atoms with Crippen LogP contribution in [0.3, 0.4) is 0 Å². The maximum absolute atomic E-state index is 13.1. The highest BCUT2D eigenvalue weighted by molar-refractivity contribution is 7.92. The molecule has 5 rings (SSSR count). The lowest BCUT2D eigenvalue weighted by molar-refractivity contribution is -0.193. The molecule has 15 heteroatoms. The molecule has 8 nitrogen and oxygen atoms in total. The van der Waals surface area contributed by atoms with E-state index in [2.05, 4.69) is 47.1 Å². The van der Waals surface area contributed by atoms with Crippen molar-refractivity contribution in [3.05, 3.63) is 83.7 Å². The molecule has 2 aliphatic heterocycles. The van der Waals surface area contributed by atoms with E-state index in [9.17, 15) is 34.8 Å². The second kappa shape index (κ2) is 12.5. The number of hydrogen-bond donors (Lipinski definition) is 2. The van der Waals surface area contributed by atoms with Crippen LogP contribution in [0.15, 0.2) is 71.9 Å². The van der Waals surface area contributed by atoms with Crippen LogP contribution >= 0.6 is 0 Å². The van der Waals surface area contributed by atoms with Crippen molar-refractivity contribution in [3.63, 3.8) is 0 Å². The fraction of sp³-hybridized carbons (Fsp3) is 0.296. The zero-order valence-electron chi connectivity index (χ0n) is 21.7. The molecule has 0 spiro atoms. The van der Waals surface area contributed by atoms with E-state index in [0.717, 1.165) is 29.8 Å². The molecular weight excluding hydrogens is 594 g/mol. The van der Waals surface area contributed by atoms with Crippen molar-refractivity contribution in [2.24, 2.45) is 0 Å². The zero-order valence-corrected chi connectivity index (χ0v) is 22.5. The number of carboxylic acids is 2. The molecule has 2 atom stereocenters. The van der Waals surface area contributed by atoms with Crippen LogP contribution in [0.4, 0.5) is 26.3 Å². The number of hydrogen-bond acceptors (Lipinski definition) is 6. The standard InChI is InChI=1S/C23H22N2O2S.2C2HF3O2/c1-16-4-2-5-17(10-16)13-25-14-21-20-11-18(19-6-3-9-24-12-19)7-8-22(20)28(26,27)23(21)15-25;2*3-2(4,5)1(6)7/h2-12,21,23H,13-15H2,1H3;2*(H,6,7). The fourth-order valence-electron chi connectivity index (χ4n) is 4.64. The minimum atomic E-state index is -5.08. The van der Waals surface area contributed by atoms with Gasteiger partial charge in [0.25, 0.3) is 0 Å². The third kappa shape index (κ3) is 7.85. The molecule has 2 aromatic carbocycles. The van der Waals surface area contributed by atoms with Gasteiger partial charge in [0.05, 0.1) is 10.1 Å². The van der Waals surface area contributed by atoms with Gasteiger partial charge in [0.15, 0.2) is 9.84 Å². The van der Waals surface area contributed by atoms with Crippen molar-refractivity contribution < 1.29 is 54.6 Å². The molecule has 2 unspecified atom stereocenters. The second-order valence-electron chi connectivity index (χ2n) is 9.47. The molecule has 0 amide bonds. The Morgan fingerprint density at radius 3 is 2.05 bits per heavy atom. The van der Waals surface area contributed by atoms with Crippen molar-refractivity contribution in [1.82, 2.24) is 9.88 Å². The van der Waals surface area contributed by atoms with Gasteiger partial charge in [-0.1, -0.05) is 42.0 Å². The molecule has 1 aromatic heterocycles. The average Bonchev–Trinajstić information content (AvgIpc) is 3.40. The molecule has 0 saturated carbocycles. The van der Waals surface area contributed by atoms with Gasteiger partial charge >= 0.3 is 24.3 Å². The normalized spacial score (nSPS) is 18.9. The van der Waals surface area contributed by atoms with E-state index in [0.29, 0.717) is 11.4 Å². The Bertz CT molecular complexity index is 1520.